The van der Waals surface area contributed by atoms with E-state index in [2.05, 4.69) is 0 Å². The summed E-state index contributed by atoms with van der Waals surface area (Å²) in [7, 11) is 0. The molecule has 1 aliphatic heterocycles. The first-order chi connectivity index (χ1) is 9.68. The number of ketones is 1. The third kappa shape index (κ3) is 2.12. The maximum Gasteiger partial charge on any atom is 0.202 e. The smallest absolute Gasteiger partial charge is 0.202 e. The minimum Gasteiger partial charge on any atom is -0.365 e. The summed E-state index contributed by atoms with van der Waals surface area (Å²) in [5.74, 6) is -2.39. The van der Waals surface area contributed by atoms with Crippen molar-refractivity contribution >= 4 is 5.78 Å². The summed E-state index contributed by atoms with van der Waals surface area (Å²) in [6, 6.07) is 10.7. The highest BCUT2D eigenvalue weighted by molar-refractivity contribution is 6.00. The monoisotopic (exact) mass is 274 g/mol. The van der Waals surface area contributed by atoms with Crippen molar-refractivity contribution in [2.45, 2.75) is 12.5 Å². The number of rotatable bonds is 2. The van der Waals surface area contributed by atoms with Crippen LogP contribution in [0.1, 0.15) is 27.6 Å². The van der Waals surface area contributed by atoms with Gasteiger partial charge in [0, 0.05) is 0 Å². The average Bonchev–Trinajstić information content (AvgIpc) is 2.46. The van der Waals surface area contributed by atoms with Crippen LogP contribution in [0.5, 0.6) is 0 Å². The van der Waals surface area contributed by atoms with Crippen LogP contribution in [0.25, 0.3) is 0 Å². The van der Waals surface area contributed by atoms with Crippen LogP contribution in [0.2, 0.25) is 0 Å². The van der Waals surface area contributed by atoms with Crippen molar-refractivity contribution in [3.05, 3.63) is 70.8 Å². The van der Waals surface area contributed by atoms with Crippen molar-refractivity contribution in [1.82, 2.24) is 0 Å². The molecule has 4 heteroatoms. The molecule has 1 heterocycles. The first kappa shape index (κ1) is 12.9. The second-order valence-electron chi connectivity index (χ2n) is 4.66. The zero-order valence-electron chi connectivity index (χ0n) is 10.6. The molecule has 0 spiro atoms. The molecule has 20 heavy (non-hydrogen) atoms. The Kier molecular flexibility index (Phi) is 3.32. The van der Waals surface area contributed by atoms with Gasteiger partial charge in [0.2, 0.25) is 5.78 Å². The molecule has 0 fully saturated rings. The van der Waals surface area contributed by atoms with E-state index in [4.69, 9.17) is 4.74 Å². The van der Waals surface area contributed by atoms with E-state index in [9.17, 15) is 13.6 Å². The molecule has 2 aromatic rings. The molecule has 1 aliphatic rings. The van der Waals surface area contributed by atoms with E-state index in [1.54, 1.807) is 12.1 Å². The summed E-state index contributed by atoms with van der Waals surface area (Å²) in [5, 5.41) is 0. The molecule has 102 valence electrons. The number of benzene rings is 2. The summed E-state index contributed by atoms with van der Waals surface area (Å²) >= 11 is 0. The van der Waals surface area contributed by atoms with Crippen molar-refractivity contribution in [2.75, 3.05) is 6.61 Å². The highest BCUT2D eigenvalue weighted by Gasteiger charge is 2.31. The van der Waals surface area contributed by atoms with Gasteiger partial charge in [-0.2, -0.15) is 0 Å². The molecule has 2 aromatic carbocycles. The summed E-state index contributed by atoms with van der Waals surface area (Å²) < 4.78 is 32.9. The molecule has 0 amide bonds. The van der Waals surface area contributed by atoms with Gasteiger partial charge in [-0.1, -0.05) is 30.3 Å². The van der Waals surface area contributed by atoms with Crippen LogP contribution in [0.3, 0.4) is 0 Å². The van der Waals surface area contributed by atoms with Crippen LogP contribution in [-0.4, -0.2) is 12.4 Å². The van der Waals surface area contributed by atoms with E-state index >= 15 is 0 Å². The van der Waals surface area contributed by atoms with Gasteiger partial charge in [-0.3, -0.25) is 4.79 Å². The van der Waals surface area contributed by atoms with Gasteiger partial charge in [0.1, 0.15) is 17.7 Å². The summed E-state index contributed by atoms with van der Waals surface area (Å²) in [4.78, 5) is 12.4. The van der Waals surface area contributed by atoms with E-state index in [1.165, 1.54) is 6.07 Å². The third-order valence-corrected chi connectivity index (χ3v) is 3.44. The summed E-state index contributed by atoms with van der Waals surface area (Å²) in [5.41, 5.74) is 1.13. The molecule has 0 saturated heterocycles. The molecule has 2 nitrogen and oxygen atoms in total. The fraction of sp³-hybridized carbons (Fsp3) is 0.188. The number of Topliss-reactive ketones (excluding diaryl/α,β-unsaturated/α-hetero) is 1. The Bertz CT molecular complexity index is 647. The molecule has 3 rings (SSSR count). The maximum absolute atomic E-state index is 13.7. The van der Waals surface area contributed by atoms with Crippen molar-refractivity contribution in [1.29, 1.82) is 0 Å². The van der Waals surface area contributed by atoms with Gasteiger partial charge in [-0.25, -0.2) is 8.78 Å². The number of fused-ring (bicyclic) bond motifs is 1. The van der Waals surface area contributed by atoms with E-state index in [0.29, 0.717) is 18.6 Å². The zero-order chi connectivity index (χ0) is 14.1. The fourth-order valence-corrected chi connectivity index (χ4v) is 2.48. The quantitative estimate of drug-likeness (QED) is 0.784. The summed E-state index contributed by atoms with van der Waals surface area (Å²) in [6.45, 7) is 0.365. The standard InChI is InChI=1S/C16H12F2O2/c17-12-6-3-7-13(18)14(12)15(19)16-11-5-2-1-4-10(11)8-9-20-16/h1-7,16H,8-9H2. The minimum absolute atomic E-state index is 0.365. The lowest BCUT2D eigenvalue weighted by molar-refractivity contribution is 0.0342. The molecule has 1 unspecified atom stereocenters. The molecule has 0 bridgehead atoms. The fourth-order valence-electron chi connectivity index (χ4n) is 2.48. The van der Waals surface area contributed by atoms with Gasteiger partial charge in [-0.05, 0) is 29.7 Å². The second kappa shape index (κ2) is 5.13. The van der Waals surface area contributed by atoms with Crippen LogP contribution in [-0.2, 0) is 11.2 Å². The number of ether oxygens (including phenoxy) is 1. The van der Waals surface area contributed by atoms with Crippen molar-refractivity contribution in [2.24, 2.45) is 0 Å². The van der Waals surface area contributed by atoms with Gasteiger partial charge < -0.3 is 4.74 Å². The van der Waals surface area contributed by atoms with Crippen molar-refractivity contribution < 1.29 is 18.3 Å². The predicted molar refractivity (Wildman–Crippen MR) is 69.5 cm³/mol. The molecule has 0 aliphatic carbocycles. The lowest BCUT2D eigenvalue weighted by Gasteiger charge is -2.25. The number of carbonyl (C=O) groups excluding carboxylic acids is 1. The number of hydrogen-bond donors (Lipinski definition) is 0. The van der Waals surface area contributed by atoms with Crippen LogP contribution >= 0.6 is 0 Å². The molecule has 0 saturated carbocycles. The molecular formula is C16H12F2O2. The lowest BCUT2D eigenvalue weighted by atomic mass is 9.92. The van der Waals surface area contributed by atoms with Gasteiger partial charge >= 0.3 is 0 Å². The molecule has 1 atom stereocenters. The van der Waals surface area contributed by atoms with Gasteiger partial charge in [-0.15, -0.1) is 0 Å². The third-order valence-electron chi connectivity index (χ3n) is 3.44. The van der Waals surface area contributed by atoms with E-state index in [1.807, 2.05) is 12.1 Å². The Morgan fingerprint density at radius 2 is 1.75 bits per heavy atom. The zero-order valence-corrected chi connectivity index (χ0v) is 10.6. The highest BCUT2D eigenvalue weighted by Crippen LogP contribution is 2.31. The van der Waals surface area contributed by atoms with Crippen LogP contribution in [0.15, 0.2) is 42.5 Å². The largest absolute Gasteiger partial charge is 0.365 e. The summed E-state index contributed by atoms with van der Waals surface area (Å²) in [6.07, 6.45) is -0.244. The maximum atomic E-state index is 13.7. The van der Waals surface area contributed by atoms with Crippen LogP contribution in [0.4, 0.5) is 8.78 Å². The lowest BCUT2D eigenvalue weighted by Crippen LogP contribution is -2.25. The van der Waals surface area contributed by atoms with Crippen molar-refractivity contribution in [3.63, 3.8) is 0 Å². The SMILES string of the molecule is O=C(c1c(F)cccc1F)C1OCCc2ccccc21. The van der Waals surface area contributed by atoms with Crippen LogP contribution < -0.4 is 0 Å². The van der Waals surface area contributed by atoms with E-state index in [0.717, 1.165) is 17.7 Å². The molecule has 0 N–H and O–H groups in total. The molecule has 0 radical (unpaired) electrons. The van der Waals surface area contributed by atoms with Crippen molar-refractivity contribution in [3.8, 4) is 0 Å². The number of carbonyl (C=O) groups is 1. The Morgan fingerprint density at radius 1 is 1.05 bits per heavy atom. The first-order valence-corrected chi connectivity index (χ1v) is 6.36. The Hall–Kier alpha value is -2.07. The topological polar surface area (TPSA) is 26.3 Å². The first-order valence-electron chi connectivity index (χ1n) is 6.36. The Balaban J connectivity index is 2.05. The van der Waals surface area contributed by atoms with E-state index in [-0.39, 0.29) is 0 Å². The van der Waals surface area contributed by atoms with E-state index < -0.39 is 29.1 Å². The number of hydrogen-bond acceptors (Lipinski definition) is 2. The second-order valence-corrected chi connectivity index (χ2v) is 4.66. The average molecular weight is 274 g/mol. The minimum atomic E-state index is -0.939. The molecular weight excluding hydrogens is 262 g/mol. The normalized spacial score (nSPS) is 17.6. The predicted octanol–water partition coefficient (Wildman–Crippen LogP) is 3.46. The van der Waals surface area contributed by atoms with Gasteiger partial charge in [0.05, 0.1) is 12.2 Å². The Labute approximate surface area is 115 Å². The Morgan fingerprint density at radius 3 is 2.50 bits per heavy atom. The number of halogens is 2. The van der Waals surface area contributed by atoms with Gasteiger partial charge in [0.15, 0.2) is 0 Å². The van der Waals surface area contributed by atoms with Gasteiger partial charge in [0.25, 0.3) is 0 Å². The van der Waals surface area contributed by atoms with Crippen LogP contribution in [0, 0.1) is 11.6 Å². The highest BCUT2D eigenvalue weighted by atomic mass is 19.1. The molecule has 0 aromatic heterocycles.